The Hall–Kier alpha value is -3.59. The topological polar surface area (TPSA) is 91.9 Å². The van der Waals surface area contributed by atoms with Crippen LogP contribution in [0.15, 0.2) is 65.6 Å². The summed E-state index contributed by atoms with van der Waals surface area (Å²) in [5.41, 5.74) is 1.84. The number of nitrogens with one attached hydrogen (secondary N) is 2. The summed E-state index contributed by atoms with van der Waals surface area (Å²) in [6, 6.07) is 15.9. The first-order valence-electron chi connectivity index (χ1n) is 10.9. The molecule has 0 saturated heterocycles. The summed E-state index contributed by atoms with van der Waals surface area (Å²) in [7, 11) is -3.99. The van der Waals surface area contributed by atoms with Gasteiger partial charge in [0.2, 0.25) is 0 Å². The molecule has 1 aliphatic carbocycles. The fourth-order valence-corrected chi connectivity index (χ4v) is 6.26. The molecule has 6 nitrogen and oxygen atoms in total. The van der Waals surface area contributed by atoms with Crippen molar-refractivity contribution < 1.29 is 22.0 Å². The number of anilines is 1. The molecule has 174 valence electrons. The number of halogens is 2. The molecule has 1 saturated carbocycles. The molecule has 4 aromatic rings. The van der Waals surface area contributed by atoms with Gasteiger partial charge in [-0.2, -0.15) is 0 Å². The molecule has 2 N–H and O–H groups in total. The van der Waals surface area contributed by atoms with Crippen LogP contribution in [-0.4, -0.2) is 29.5 Å². The van der Waals surface area contributed by atoms with Gasteiger partial charge in [-0.1, -0.05) is 25.0 Å². The normalized spacial score (nSPS) is 14.5. The summed E-state index contributed by atoms with van der Waals surface area (Å²) in [5.74, 6) is -2.90. The van der Waals surface area contributed by atoms with Crippen LogP contribution in [0.1, 0.15) is 36.0 Å². The van der Waals surface area contributed by atoms with Crippen molar-refractivity contribution in [2.75, 3.05) is 5.32 Å². The van der Waals surface area contributed by atoms with Gasteiger partial charge in [-0.05, 0) is 61.4 Å². The van der Waals surface area contributed by atoms with Crippen LogP contribution in [0.2, 0.25) is 0 Å². The van der Waals surface area contributed by atoms with Crippen LogP contribution in [-0.2, 0) is 9.84 Å². The van der Waals surface area contributed by atoms with E-state index in [0.29, 0.717) is 24.4 Å². The van der Waals surface area contributed by atoms with Gasteiger partial charge in [-0.15, -0.1) is 0 Å². The fraction of sp³-hybridized carbons (Fsp3) is 0.200. The molecule has 0 bridgehead atoms. The van der Waals surface area contributed by atoms with Gasteiger partial charge in [0.15, 0.2) is 15.7 Å². The highest BCUT2D eigenvalue weighted by Crippen LogP contribution is 2.32. The van der Waals surface area contributed by atoms with E-state index < -0.39 is 43.1 Å². The van der Waals surface area contributed by atoms with Gasteiger partial charge in [-0.3, -0.25) is 4.79 Å². The molecule has 0 unspecified atom stereocenters. The lowest BCUT2D eigenvalue weighted by Crippen LogP contribution is -2.22. The number of nitrogens with zero attached hydrogens (tertiary/aromatic N) is 1. The number of sulfone groups is 1. The second-order valence-corrected chi connectivity index (χ2v) is 10.5. The SMILES string of the molecule is O=C(Nc1ccc(-c2nc3ccccc3[nH]2)cc1)c1c(F)ccc(S(=O)(=O)C2CCCC2)c1F. The van der Waals surface area contributed by atoms with Gasteiger partial charge < -0.3 is 10.3 Å². The number of benzene rings is 3. The van der Waals surface area contributed by atoms with Crippen LogP contribution < -0.4 is 5.32 Å². The minimum Gasteiger partial charge on any atom is -0.338 e. The quantitative estimate of drug-likeness (QED) is 0.370. The number of H-pyrrole nitrogens is 1. The average Bonchev–Trinajstić information content (AvgIpc) is 3.50. The number of aromatic nitrogens is 2. The number of carbonyl (C=O) groups is 1. The van der Waals surface area contributed by atoms with Crippen molar-refractivity contribution >= 4 is 32.5 Å². The largest absolute Gasteiger partial charge is 0.338 e. The Bertz CT molecular complexity index is 1460. The molecule has 34 heavy (non-hydrogen) atoms. The van der Waals surface area contributed by atoms with Crippen molar-refractivity contribution in [3.8, 4) is 11.4 Å². The first-order valence-corrected chi connectivity index (χ1v) is 12.5. The van der Waals surface area contributed by atoms with Crippen LogP contribution >= 0.6 is 0 Å². The molecular formula is C25H21F2N3O3S. The first kappa shape index (κ1) is 22.2. The van der Waals surface area contributed by atoms with Crippen molar-refractivity contribution in [2.45, 2.75) is 35.8 Å². The van der Waals surface area contributed by atoms with Gasteiger partial charge in [0, 0.05) is 11.3 Å². The second-order valence-electron chi connectivity index (χ2n) is 8.32. The van der Waals surface area contributed by atoms with Gasteiger partial charge in [0.05, 0.1) is 16.3 Å². The average molecular weight is 482 g/mol. The number of hydrogen-bond donors (Lipinski definition) is 2. The second kappa shape index (κ2) is 8.64. The van der Waals surface area contributed by atoms with E-state index in [2.05, 4.69) is 15.3 Å². The van der Waals surface area contributed by atoms with Gasteiger partial charge in [-0.25, -0.2) is 22.2 Å². The van der Waals surface area contributed by atoms with E-state index in [1.165, 1.54) is 0 Å². The van der Waals surface area contributed by atoms with E-state index in [9.17, 15) is 17.6 Å². The highest BCUT2D eigenvalue weighted by molar-refractivity contribution is 7.92. The van der Waals surface area contributed by atoms with E-state index in [1.807, 2.05) is 24.3 Å². The maximum atomic E-state index is 15.1. The van der Waals surface area contributed by atoms with Crippen molar-refractivity contribution in [3.05, 3.63) is 77.9 Å². The number of carbonyl (C=O) groups excluding carboxylic acids is 1. The third-order valence-corrected chi connectivity index (χ3v) is 8.41. The van der Waals surface area contributed by atoms with E-state index in [4.69, 9.17) is 0 Å². The minimum absolute atomic E-state index is 0.299. The third-order valence-electron chi connectivity index (χ3n) is 6.14. The van der Waals surface area contributed by atoms with Crippen LogP contribution in [0.5, 0.6) is 0 Å². The van der Waals surface area contributed by atoms with E-state index in [-0.39, 0.29) is 0 Å². The van der Waals surface area contributed by atoms with E-state index in [1.54, 1.807) is 24.3 Å². The molecule has 1 aliphatic rings. The lowest BCUT2D eigenvalue weighted by Gasteiger charge is -2.14. The van der Waals surface area contributed by atoms with E-state index in [0.717, 1.165) is 41.6 Å². The molecule has 9 heteroatoms. The third kappa shape index (κ3) is 3.96. The number of para-hydroxylation sites is 2. The summed E-state index contributed by atoms with van der Waals surface area (Å²) in [4.78, 5) is 19.8. The number of imidazole rings is 1. The lowest BCUT2D eigenvalue weighted by molar-refractivity contribution is 0.101. The number of amides is 1. The Morgan fingerprint density at radius 1 is 0.971 bits per heavy atom. The predicted molar refractivity (Wildman–Crippen MR) is 125 cm³/mol. The molecule has 0 atom stereocenters. The Morgan fingerprint density at radius 2 is 1.68 bits per heavy atom. The van der Waals surface area contributed by atoms with Crippen molar-refractivity contribution in [1.29, 1.82) is 0 Å². The zero-order chi connectivity index (χ0) is 23.9. The molecule has 5 rings (SSSR count). The maximum absolute atomic E-state index is 15.1. The van der Waals surface area contributed by atoms with Gasteiger partial charge >= 0.3 is 0 Å². The zero-order valence-electron chi connectivity index (χ0n) is 18.0. The van der Waals surface area contributed by atoms with Crippen molar-refractivity contribution in [2.24, 2.45) is 0 Å². The highest BCUT2D eigenvalue weighted by Gasteiger charge is 2.34. The Balaban J connectivity index is 1.40. The van der Waals surface area contributed by atoms with Crippen LogP contribution in [0, 0.1) is 11.6 Å². The zero-order valence-corrected chi connectivity index (χ0v) is 18.8. The molecule has 0 aliphatic heterocycles. The number of hydrogen-bond acceptors (Lipinski definition) is 4. The minimum atomic E-state index is -3.99. The number of rotatable bonds is 5. The molecule has 1 aromatic heterocycles. The Labute approximate surface area is 195 Å². The summed E-state index contributed by atoms with van der Waals surface area (Å²) in [6.45, 7) is 0. The summed E-state index contributed by atoms with van der Waals surface area (Å²) in [5, 5.41) is 1.74. The molecule has 0 radical (unpaired) electrons. The molecule has 1 amide bonds. The van der Waals surface area contributed by atoms with Crippen molar-refractivity contribution in [3.63, 3.8) is 0 Å². The monoisotopic (exact) mass is 481 g/mol. The molecule has 1 fully saturated rings. The first-order chi connectivity index (χ1) is 16.3. The number of fused-ring (bicyclic) bond motifs is 1. The summed E-state index contributed by atoms with van der Waals surface area (Å²) in [6.07, 6.45) is 2.34. The molecule has 0 spiro atoms. The molecule has 1 heterocycles. The van der Waals surface area contributed by atoms with E-state index >= 15 is 4.39 Å². The highest BCUT2D eigenvalue weighted by atomic mass is 32.2. The predicted octanol–water partition coefficient (Wildman–Crippen LogP) is 5.48. The standard InChI is InChI=1S/C25H21F2N3O3S/c26-18-13-14-21(34(32,33)17-5-1-2-6-17)23(27)22(18)25(31)28-16-11-9-15(10-12-16)24-29-19-7-3-4-8-20(19)30-24/h3-4,7-14,17H,1-2,5-6H2,(H,28,31)(H,29,30). The van der Waals surface area contributed by atoms with Crippen LogP contribution in [0.3, 0.4) is 0 Å². The molecular weight excluding hydrogens is 460 g/mol. The summed E-state index contributed by atoms with van der Waals surface area (Å²) < 4.78 is 55.2. The molecule has 3 aromatic carbocycles. The van der Waals surface area contributed by atoms with Gasteiger partial charge in [0.1, 0.15) is 22.1 Å². The Morgan fingerprint density at radius 3 is 2.38 bits per heavy atom. The number of aromatic amines is 1. The fourth-order valence-electron chi connectivity index (χ4n) is 4.33. The Kier molecular flexibility index (Phi) is 5.65. The maximum Gasteiger partial charge on any atom is 0.261 e. The van der Waals surface area contributed by atoms with Crippen LogP contribution in [0.4, 0.5) is 14.5 Å². The van der Waals surface area contributed by atoms with Crippen LogP contribution in [0.25, 0.3) is 22.4 Å². The van der Waals surface area contributed by atoms with Crippen molar-refractivity contribution in [1.82, 2.24) is 9.97 Å². The smallest absolute Gasteiger partial charge is 0.261 e. The van der Waals surface area contributed by atoms with Gasteiger partial charge in [0.25, 0.3) is 5.91 Å². The lowest BCUT2D eigenvalue weighted by atomic mass is 10.1. The summed E-state index contributed by atoms with van der Waals surface area (Å²) >= 11 is 0.